The molecule has 1 heterocycles. The van der Waals surface area contributed by atoms with Crippen LogP contribution in [0.2, 0.25) is 0 Å². The largest absolute Gasteiger partial charge is 0.491 e. The Hall–Kier alpha value is -2.61. The third kappa shape index (κ3) is 5.23. The minimum Gasteiger partial charge on any atom is -0.491 e. The van der Waals surface area contributed by atoms with Crippen molar-refractivity contribution in [3.05, 3.63) is 24.3 Å². The van der Waals surface area contributed by atoms with E-state index in [4.69, 9.17) is 4.74 Å². The second-order valence-corrected chi connectivity index (χ2v) is 9.71. The third-order valence-electron chi connectivity index (χ3n) is 7.11. The number of benzene rings is 1. The standard InChI is InChI=1S/C24H35N3O5/c1-5-23(3,4)17-10-12-24(13-11-17)21(30)27(22(31)26-24)14-19(29)15-32-20-8-6-18(7-9-20)25-16(2)28/h6-9,17,19,29H,5,10-15H2,1-4H3,(H,25,28)(H,26,31). The molecule has 1 saturated heterocycles. The predicted molar refractivity (Wildman–Crippen MR) is 121 cm³/mol. The monoisotopic (exact) mass is 445 g/mol. The van der Waals surface area contributed by atoms with Crippen LogP contribution in [0.1, 0.15) is 59.8 Å². The zero-order valence-corrected chi connectivity index (χ0v) is 19.4. The molecule has 8 heteroatoms. The van der Waals surface area contributed by atoms with Crippen LogP contribution in [0.5, 0.6) is 5.75 Å². The summed E-state index contributed by atoms with van der Waals surface area (Å²) in [5.41, 5.74) is 0.0327. The average molecular weight is 446 g/mol. The van der Waals surface area contributed by atoms with Gasteiger partial charge in [-0.3, -0.25) is 14.5 Å². The highest BCUT2D eigenvalue weighted by atomic mass is 16.5. The van der Waals surface area contributed by atoms with Crippen molar-refractivity contribution in [3.63, 3.8) is 0 Å². The first kappa shape index (κ1) is 24.0. The van der Waals surface area contributed by atoms with Crippen molar-refractivity contribution >= 4 is 23.5 Å². The quantitative estimate of drug-likeness (QED) is 0.532. The summed E-state index contributed by atoms with van der Waals surface area (Å²) in [6.07, 6.45) is 3.15. The first-order valence-corrected chi connectivity index (χ1v) is 11.4. The Kier molecular flexibility index (Phi) is 7.12. The van der Waals surface area contributed by atoms with E-state index in [1.54, 1.807) is 24.3 Å². The Balaban J connectivity index is 1.52. The van der Waals surface area contributed by atoms with E-state index >= 15 is 0 Å². The Bertz CT molecular complexity index is 844. The Labute approximate surface area is 189 Å². The number of ether oxygens (including phenoxy) is 1. The first-order chi connectivity index (χ1) is 15.1. The Morgan fingerprint density at radius 3 is 2.47 bits per heavy atom. The number of anilines is 1. The first-order valence-electron chi connectivity index (χ1n) is 11.4. The van der Waals surface area contributed by atoms with Crippen LogP contribution >= 0.6 is 0 Å². The summed E-state index contributed by atoms with van der Waals surface area (Å²) >= 11 is 0. The van der Waals surface area contributed by atoms with Gasteiger partial charge in [0.1, 0.15) is 24.0 Å². The Morgan fingerprint density at radius 1 is 1.28 bits per heavy atom. The van der Waals surface area contributed by atoms with Crippen LogP contribution in [0.3, 0.4) is 0 Å². The fourth-order valence-corrected chi connectivity index (χ4v) is 4.66. The summed E-state index contributed by atoms with van der Waals surface area (Å²) in [6, 6.07) is 6.30. The van der Waals surface area contributed by atoms with Gasteiger partial charge in [-0.1, -0.05) is 27.2 Å². The smallest absolute Gasteiger partial charge is 0.325 e. The van der Waals surface area contributed by atoms with Crippen LogP contribution in [-0.2, 0) is 9.59 Å². The molecule has 1 atom stereocenters. The number of amides is 4. The average Bonchev–Trinajstić information content (AvgIpc) is 2.97. The summed E-state index contributed by atoms with van der Waals surface area (Å²) in [4.78, 5) is 37.8. The summed E-state index contributed by atoms with van der Waals surface area (Å²) in [7, 11) is 0. The lowest BCUT2D eigenvalue weighted by atomic mass is 9.65. The van der Waals surface area contributed by atoms with Crippen molar-refractivity contribution in [2.75, 3.05) is 18.5 Å². The van der Waals surface area contributed by atoms with Gasteiger partial charge in [0.25, 0.3) is 5.91 Å². The van der Waals surface area contributed by atoms with Crippen molar-refractivity contribution < 1.29 is 24.2 Å². The molecule has 3 N–H and O–H groups in total. The van der Waals surface area contributed by atoms with Crippen molar-refractivity contribution in [1.82, 2.24) is 10.2 Å². The van der Waals surface area contributed by atoms with Gasteiger partial charge in [0, 0.05) is 12.6 Å². The van der Waals surface area contributed by atoms with E-state index in [9.17, 15) is 19.5 Å². The molecule has 176 valence electrons. The van der Waals surface area contributed by atoms with Crippen molar-refractivity contribution in [2.45, 2.75) is 71.4 Å². The van der Waals surface area contributed by atoms with E-state index in [1.165, 1.54) is 6.92 Å². The number of β-amino-alcohol motifs (C(OH)–C–C–N with tert-alkyl or cyclic N) is 1. The molecule has 4 amide bonds. The van der Waals surface area contributed by atoms with E-state index in [2.05, 4.69) is 31.4 Å². The molecule has 1 unspecified atom stereocenters. The van der Waals surface area contributed by atoms with Gasteiger partial charge in [-0.2, -0.15) is 0 Å². The minimum absolute atomic E-state index is 0.0592. The number of nitrogens with one attached hydrogen (secondary N) is 2. The number of urea groups is 1. The number of nitrogens with zero attached hydrogens (tertiary/aromatic N) is 1. The van der Waals surface area contributed by atoms with Crippen LogP contribution in [0, 0.1) is 11.3 Å². The van der Waals surface area contributed by atoms with Gasteiger partial charge in [-0.25, -0.2) is 4.79 Å². The second kappa shape index (κ2) is 9.48. The number of hydrogen-bond donors (Lipinski definition) is 3. The summed E-state index contributed by atoms with van der Waals surface area (Å²) < 4.78 is 5.58. The van der Waals surface area contributed by atoms with Gasteiger partial charge in [-0.05, 0) is 61.3 Å². The fourth-order valence-electron chi connectivity index (χ4n) is 4.66. The molecular formula is C24H35N3O5. The highest BCUT2D eigenvalue weighted by molar-refractivity contribution is 6.07. The molecule has 0 aromatic heterocycles. The van der Waals surface area contributed by atoms with Crippen LogP contribution in [0.25, 0.3) is 0 Å². The molecule has 3 rings (SSSR count). The highest BCUT2D eigenvalue weighted by Crippen LogP contribution is 2.45. The van der Waals surface area contributed by atoms with E-state index < -0.39 is 17.7 Å². The highest BCUT2D eigenvalue weighted by Gasteiger charge is 2.53. The normalized spacial score (nSPS) is 24.4. The van der Waals surface area contributed by atoms with Crippen LogP contribution in [0.4, 0.5) is 10.5 Å². The van der Waals surface area contributed by atoms with E-state index in [-0.39, 0.29) is 30.4 Å². The van der Waals surface area contributed by atoms with Gasteiger partial charge in [0.2, 0.25) is 5.91 Å². The maximum atomic E-state index is 13.1. The lowest BCUT2D eigenvalue weighted by Gasteiger charge is -2.42. The fraction of sp³-hybridized carbons (Fsp3) is 0.625. The maximum Gasteiger partial charge on any atom is 0.325 e. The van der Waals surface area contributed by atoms with E-state index in [0.717, 1.165) is 24.2 Å². The SMILES string of the molecule is CCC(C)(C)C1CCC2(CC1)NC(=O)N(CC(O)COc1ccc(NC(C)=O)cc1)C2=O. The maximum absolute atomic E-state index is 13.1. The lowest BCUT2D eigenvalue weighted by molar-refractivity contribution is -0.134. The van der Waals surface area contributed by atoms with Crippen LogP contribution in [-0.4, -0.2) is 52.6 Å². The number of aliphatic hydroxyl groups excluding tert-OH is 1. The number of carbonyl (C=O) groups excluding carboxylic acids is 3. The summed E-state index contributed by atoms with van der Waals surface area (Å²) in [5.74, 6) is 0.647. The Morgan fingerprint density at radius 2 is 1.91 bits per heavy atom. The third-order valence-corrected chi connectivity index (χ3v) is 7.11. The van der Waals surface area contributed by atoms with E-state index in [0.29, 0.717) is 30.2 Å². The second-order valence-electron chi connectivity index (χ2n) is 9.71. The zero-order chi connectivity index (χ0) is 23.5. The zero-order valence-electron chi connectivity index (χ0n) is 19.4. The van der Waals surface area contributed by atoms with Gasteiger partial charge in [0.05, 0.1) is 6.54 Å². The molecule has 1 aromatic carbocycles. The molecule has 1 aliphatic heterocycles. The number of rotatable bonds is 8. The molecule has 0 radical (unpaired) electrons. The van der Waals surface area contributed by atoms with Crippen molar-refractivity contribution in [3.8, 4) is 5.75 Å². The number of imide groups is 1. The molecule has 8 nitrogen and oxygen atoms in total. The molecule has 32 heavy (non-hydrogen) atoms. The number of carbonyl (C=O) groups is 3. The van der Waals surface area contributed by atoms with Gasteiger partial charge >= 0.3 is 6.03 Å². The molecule has 1 aromatic rings. The number of aliphatic hydroxyl groups is 1. The summed E-state index contributed by atoms with van der Waals surface area (Å²) in [5, 5.41) is 16.0. The molecule has 1 spiro atoms. The molecule has 1 aliphatic carbocycles. The molecule has 2 aliphatic rings. The van der Waals surface area contributed by atoms with Gasteiger partial charge in [0.15, 0.2) is 0 Å². The van der Waals surface area contributed by atoms with Gasteiger partial charge in [-0.15, -0.1) is 0 Å². The van der Waals surface area contributed by atoms with Crippen molar-refractivity contribution in [2.24, 2.45) is 11.3 Å². The van der Waals surface area contributed by atoms with E-state index in [1.807, 2.05) is 0 Å². The lowest BCUT2D eigenvalue weighted by Crippen LogP contribution is -2.51. The van der Waals surface area contributed by atoms with Crippen molar-refractivity contribution in [1.29, 1.82) is 0 Å². The molecule has 1 saturated carbocycles. The van der Waals surface area contributed by atoms with Crippen LogP contribution < -0.4 is 15.4 Å². The summed E-state index contributed by atoms with van der Waals surface area (Å²) in [6.45, 7) is 7.98. The topological polar surface area (TPSA) is 108 Å². The van der Waals surface area contributed by atoms with Gasteiger partial charge < -0.3 is 20.5 Å². The molecular weight excluding hydrogens is 410 g/mol. The molecule has 0 bridgehead atoms. The minimum atomic E-state index is -1.01. The predicted octanol–water partition coefficient (Wildman–Crippen LogP) is 3.30. The van der Waals surface area contributed by atoms with Crippen LogP contribution in [0.15, 0.2) is 24.3 Å². The molecule has 2 fully saturated rings. The number of hydrogen-bond acceptors (Lipinski definition) is 5.